The van der Waals surface area contributed by atoms with Crippen molar-refractivity contribution < 1.29 is 9.59 Å². The van der Waals surface area contributed by atoms with Crippen molar-refractivity contribution in [3.05, 3.63) is 24.3 Å². The maximum atomic E-state index is 12.1. The summed E-state index contributed by atoms with van der Waals surface area (Å²) in [6.45, 7) is 0. The van der Waals surface area contributed by atoms with Gasteiger partial charge in [0.05, 0.1) is 11.8 Å². The van der Waals surface area contributed by atoms with Gasteiger partial charge in [0, 0.05) is 31.5 Å². The molecule has 1 aromatic rings. The van der Waals surface area contributed by atoms with E-state index in [1.54, 1.807) is 0 Å². The number of hydrogen-bond acceptors (Lipinski definition) is 3. The van der Waals surface area contributed by atoms with Gasteiger partial charge < -0.3 is 15.5 Å². The molecule has 2 aliphatic rings. The Hall–Kier alpha value is -2.04. The molecule has 0 saturated heterocycles. The van der Waals surface area contributed by atoms with Crippen molar-refractivity contribution in [2.45, 2.75) is 25.3 Å². The minimum atomic E-state index is -0.169. The summed E-state index contributed by atoms with van der Waals surface area (Å²) in [6, 6.07) is 8.05. The zero-order chi connectivity index (χ0) is 15.0. The van der Waals surface area contributed by atoms with Gasteiger partial charge in [0.25, 0.3) is 0 Å². The summed E-state index contributed by atoms with van der Waals surface area (Å²) in [5, 5.41) is 5.85. The number of nitrogens with one attached hydrogen (secondary N) is 2. The predicted molar refractivity (Wildman–Crippen MR) is 82.2 cm³/mol. The number of nitrogens with zero attached hydrogens (tertiary/aromatic N) is 1. The fourth-order valence-corrected chi connectivity index (χ4v) is 2.39. The molecule has 5 nitrogen and oxygen atoms in total. The first-order valence-electron chi connectivity index (χ1n) is 7.43. The third-order valence-corrected chi connectivity index (χ3v) is 4.04. The number of rotatable bonds is 5. The van der Waals surface area contributed by atoms with Crippen LogP contribution in [0.3, 0.4) is 0 Å². The van der Waals surface area contributed by atoms with Crippen LogP contribution in [-0.2, 0) is 9.59 Å². The van der Waals surface area contributed by atoms with Crippen LogP contribution in [0.15, 0.2) is 24.3 Å². The first-order valence-corrected chi connectivity index (χ1v) is 7.43. The number of carbonyl (C=O) groups excluding carboxylic acids is 2. The molecule has 2 amide bonds. The van der Waals surface area contributed by atoms with Crippen LogP contribution < -0.4 is 15.5 Å². The van der Waals surface area contributed by atoms with Crippen molar-refractivity contribution in [3.63, 3.8) is 0 Å². The molecule has 1 aromatic carbocycles. The van der Waals surface area contributed by atoms with E-state index in [-0.39, 0.29) is 23.7 Å². The molecule has 0 heterocycles. The number of amides is 2. The van der Waals surface area contributed by atoms with Gasteiger partial charge in [-0.3, -0.25) is 9.59 Å². The summed E-state index contributed by atoms with van der Waals surface area (Å²) < 4.78 is 0. The Morgan fingerprint density at radius 1 is 1.05 bits per heavy atom. The Bertz CT molecular complexity index is 549. The van der Waals surface area contributed by atoms with Gasteiger partial charge >= 0.3 is 0 Å². The molecular formula is C16H21N3O2. The molecule has 0 aliphatic heterocycles. The molecular weight excluding hydrogens is 266 g/mol. The van der Waals surface area contributed by atoms with Crippen LogP contribution in [0.2, 0.25) is 0 Å². The topological polar surface area (TPSA) is 61.4 Å². The van der Waals surface area contributed by atoms with Crippen LogP contribution in [0.25, 0.3) is 0 Å². The van der Waals surface area contributed by atoms with Gasteiger partial charge in [-0.15, -0.1) is 0 Å². The van der Waals surface area contributed by atoms with Crippen LogP contribution in [0.1, 0.15) is 19.3 Å². The highest BCUT2D eigenvalue weighted by molar-refractivity contribution is 5.99. The normalized spacial score (nSPS) is 23.3. The van der Waals surface area contributed by atoms with E-state index >= 15 is 0 Å². The molecule has 0 bridgehead atoms. The van der Waals surface area contributed by atoms with Crippen molar-refractivity contribution >= 4 is 23.2 Å². The Kier molecular flexibility index (Phi) is 3.57. The Morgan fingerprint density at radius 3 is 2.24 bits per heavy atom. The minimum Gasteiger partial charge on any atom is -0.378 e. The smallest absolute Gasteiger partial charge is 0.228 e. The van der Waals surface area contributed by atoms with E-state index in [4.69, 9.17) is 0 Å². The van der Waals surface area contributed by atoms with Gasteiger partial charge in [0.2, 0.25) is 11.8 Å². The molecule has 0 aromatic heterocycles. The van der Waals surface area contributed by atoms with Crippen LogP contribution in [0, 0.1) is 11.8 Å². The molecule has 2 atom stereocenters. The Labute approximate surface area is 124 Å². The maximum Gasteiger partial charge on any atom is 0.228 e. The third kappa shape index (κ3) is 3.35. The van der Waals surface area contributed by atoms with Crippen LogP contribution >= 0.6 is 0 Å². The van der Waals surface area contributed by atoms with E-state index in [0.717, 1.165) is 24.2 Å². The lowest BCUT2D eigenvalue weighted by atomic mass is 10.2. The minimum absolute atomic E-state index is 0.0422. The Balaban J connectivity index is 1.51. The van der Waals surface area contributed by atoms with E-state index in [2.05, 4.69) is 10.6 Å². The van der Waals surface area contributed by atoms with E-state index in [1.807, 2.05) is 43.3 Å². The number of hydrogen-bond donors (Lipinski definition) is 2. The van der Waals surface area contributed by atoms with Gasteiger partial charge in [-0.05, 0) is 43.5 Å². The van der Waals surface area contributed by atoms with Crippen LogP contribution in [-0.4, -0.2) is 32.0 Å². The summed E-state index contributed by atoms with van der Waals surface area (Å²) in [5.74, 6) is -0.312. The van der Waals surface area contributed by atoms with Crippen molar-refractivity contribution in [1.29, 1.82) is 0 Å². The quantitative estimate of drug-likeness (QED) is 0.865. The van der Waals surface area contributed by atoms with E-state index in [9.17, 15) is 9.59 Å². The molecule has 2 N–H and O–H groups in total. The van der Waals surface area contributed by atoms with Gasteiger partial charge in [-0.25, -0.2) is 0 Å². The molecule has 0 spiro atoms. The van der Waals surface area contributed by atoms with Crippen LogP contribution in [0.5, 0.6) is 0 Å². The first kappa shape index (κ1) is 13.9. The van der Waals surface area contributed by atoms with Crippen molar-refractivity contribution in [2.24, 2.45) is 11.8 Å². The molecule has 3 rings (SSSR count). The molecule has 2 unspecified atom stereocenters. The van der Waals surface area contributed by atoms with E-state index < -0.39 is 0 Å². The summed E-state index contributed by atoms with van der Waals surface area (Å²) in [6.07, 6.45) is 2.82. The Morgan fingerprint density at radius 2 is 1.67 bits per heavy atom. The van der Waals surface area contributed by atoms with Gasteiger partial charge in [-0.1, -0.05) is 0 Å². The monoisotopic (exact) mass is 287 g/mol. The molecule has 5 heteroatoms. The highest BCUT2D eigenvalue weighted by atomic mass is 16.2. The average Bonchev–Trinajstić information content (AvgIpc) is 3.33. The fourth-order valence-electron chi connectivity index (χ4n) is 2.39. The second-order valence-electron chi connectivity index (χ2n) is 6.16. The first-order chi connectivity index (χ1) is 10.0. The standard InChI is InChI=1S/C16H21N3O2/c1-19(2)12-7-5-11(6-8-12)18-16(21)14-9-13(14)15(20)17-10-3-4-10/h5-8,10,13-14H,3-4,9H2,1-2H3,(H,17,20)(H,18,21). The number of carbonyl (C=O) groups is 2. The van der Waals surface area contributed by atoms with Crippen molar-refractivity contribution in [1.82, 2.24) is 5.32 Å². The summed E-state index contributed by atoms with van der Waals surface area (Å²) >= 11 is 0. The summed E-state index contributed by atoms with van der Waals surface area (Å²) in [5.41, 5.74) is 1.86. The lowest BCUT2D eigenvalue weighted by Crippen LogP contribution is -2.29. The molecule has 2 fully saturated rings. The SMILES string of the molecule is CN(C)c1ccc(NC(=O)C2CC2C(=O)NC2CC2)cc1. The average molecular weight is 287 g/mol. The summed E-state index contributed by atoms with van der Waals surface area (Å²) in [4.78, 5) is 26.0. The van der Waals surface area contributed by atoms with Gasteiger partial charge in [0.15, 0.2) is 0 Å². The zero-order valence-corrected chi connectivity index (χ0v) is 12.4. The summed E-state index contributed by atoms with van der Waals surface area (Å²) in [7, 11) is 3.95. The van der Waals surface area contributed by atoms with Crippen molar-refractivity contribution in [2.75, 3.05) is 24.3 Å². The van der Waals surface area contributed by atoms with E-state index in [1.165, 1.54) is 0 Å². The lowest BCUT2D eigenvalue weighted by molar-refractivity contribution is -0.125. The second kappa shape index (κ2) is 5.39. The molecule has 0 radical (unpaired) electrons. The number of anilines is 2. The fraction of sp³-hybridized carbons (Fsp3) is 0.500. The molecule has 21 heavy (non-hydrogen) atoms. The zero-order valence-electron chi connectivity index (χ0n) is 12.4. The largest absolute Gasteiger partial charge is 0.378 e. The molecule has 112 valence electrons. The van der Waals surface area contributed by atoms with Gasteiger partial charge in [-0.2, -0.15) is 0 Å². The highest BCUT2D eigenvalue weighted by Crippen LogP contribution is 2.40. The van der Waals surface area contributed by atoms with Crippen molar-refractivity contribution in [3.8, 4) is 0 Å². The number of benzene rings is 1. The third-order valence-electron chi connectivity index (χ3n) is 4.04. The maximum absolute atomic E-state index is 12.1. The molecule has 2 aliphatic carbocycles. The predicted octanol–water partition coefficient (Wildman–Crippen LogP) is 1.61. The highest BCUT2D eigenvalue weighted by Gasteiger charge is 2.48. The second-order valence-corrected chi connectivity index (χ2v) is 6.16. The van der Waals surface area contributed by atoms with Gasteiger partial charge in [0.1, 0.15) is 0 Å². The van der Waals surface area contributed by atoms with Crippen LogP contribution in [0.4, 0.5) is 11.4 Å². The van der Waals surface area contributed by atoms with E-state index in [0.29, 0.717) is 12.5 Å². The lowest BCUT2D eigenvalue weighted by Gasteiger charge is -2.13. The molecule has 2 saturated carbocycles.